The first-order chi connectivity index (χ1) is 22.2. The van der Waals surface area contributed by atoms with Gasteiger partial charge in [-0.25, -0.2) is 19.3 Å². The molecule has 0 N–H and O–H groups in total. The average molecular weight is 603 g/mol. The lowest BCUT2D eigenvalue weighted by Crippen LogP contribution is -2.33. The second-order valence-electron chi connectivity index (χ2n) is 13.8. The van der Waals surface area contributed by atoms with E-state index in [1.165, 1.54) is 57.9 Å². The van der Waals surface area contributed by atoms with E-state index in [9.17, 15) is 4.39 Å². The molecule has 46 heavy (non-hydrogen) atoms. The summed E-state index contributed by atoms with van der Waals surface area (Å²) in [4.78, 5) is 14.4. The zero-order valence-electron chi connectivity index (χ0n) is 26.6. The molecule has 0 saturated heterocycles. The number of benzene rings is 5. The lowest BCUT2D eigenvalue weighted by atomic mass is 9.63. The Labute approximate surface area is 268 Å². The third-order valence-electron chi connectivity index (χ3n) is 9.78. The Morgan fingerprint density at radius 3 is 1.76 bits per heavy atom. The van der Waals surface area contributed by atoms with E-state index in [1.54, 1.807) is 6.07 Å². The summed E-state index contributed by atoms with van der Waals surface area (Å²) in [5.41, 5.74) is 8.98. The summed E-state index contributed by atoms with van der Waals surface area (Å²) in [6.45, 7) is 9.53. The fourth-order valence-electron chi connectivity index (χ4n) is 7.05. The molecule has 1 aliphatic carbocycles. The fraction of sp³-hybridized carbons (Fsp3) is 0.195. The van der Waals surface area contributed by atoms with Gasteiger partial charge in [-0.15, -0.1) is 0 Å². The minimum atomic E-state index is -0.329. The van der Waals surface area contributed by atoms with Crippen LogP contribution in [0.5, 0.6) is 0 Å². The van der Waals surface area contributed by atoms with Gasteiger partial charge in [0.25, 0.3) is 0 Å². The van der Waals surface area contributed by atoms with Crippen molar-refractivity contribution in [1.82, 2.24) is 19.5 Å². The zero-order valence-corrected chi connectivity index (χ0v) is 26.6. The zero-order chi connectivity index (χ0) is 31.6. The van der Waals surface area contributed by atoms with Crippen LogP contribution in [0.25, 0.3) is 61.7 Å². The number of nitrogens with zero attached hydrogens (tertiary/aromatic N) is 4. The molecule has 2 heterocycles. The van der Waals surface area contributed by atoms with Crippen LogP contribution >= 0.6 is 0 Å². The van der Waals surface area contributed by atoms with Crippen LogP contribution in [0.4, 0.5) is 4.39 Å². The highest BCUT2D eigenvalue weighted by molar-refractivity contribution is 6.10. The highest BCUT2D eigenvalue weighted by atomic mass is 19.1. The van der Waals surface area contributed by atoms with Gasteiger partial charge in [0.05, 0.1) is 11.0 Å². The highest BCUT2D eigenvalue weighted by Crippen LogP contribution is 2.48. The summed E-state index contributed by atoms with van der Waals surface area (Å²) in [7, 11) is 0. The van der Waals surface area contributed by atoms with Crippen LogP contribution in [0.3, 0.4) is 0 Å². The van der Waals surface area contributed by atoms with E-state index < -0.39 is 0 Å². The van der Waals surface area contributed by atoms with E-state index in [1.807, 2.05) is 36.4 Å². The summed E-state index contributed by atoms with van der Waals surface area (Å²) < 4.78 is 16.6. The molecule has 0 atom stereocenters. The second-order valence-corrected chi connectivity index (χ2v) is 13.8. The molecule has 8 rings (SSSR count). The largest absolute Gasteiger partial charge is 0.309 e. The molecule has 0 saturated carbocycles. The number of aromatic nitrogens is 4. The van der Waals surface area contributed by atoms with Crippen LogP contribution in [0.1, 0.15) is 51.7 Å². The Hall–Kier alpha value is -5.16. The molecule has 0 unspecified atom stereocenters. The molecule has 4 nitrogen and oxygen atoms in total. The van der Waals surface area contributed by atoms with Crippen molar-refractivity contribution in [1.29, 1.82) is 0 Å². The van der Waals surface area contributed by atoms with Crippen molar-refractivity contribution in [3.05, 3.63) is 132 Å². The van der Waals surface area contributed by atoms with E-state index in [0.29, 0.717) is 23.0 Å². The summed E-state index contributed by atoms with van der Waals surface area (Å²) >= 11 is 0. The summed E-state index contributed by atoms with van der Waals surface area (Å²) in [5.74, 6) is 1.20. The molecule has 7 aromatic rings. The van der Waals surface area contributed by atoms with E-state index in [-0.39, 0.29) is 16.6 Å². The van der Waals surface area contributed by atoms with Crippen molar-refractivity contribution in [2.24, 2.45) is 0 Å². The number of para-hydroxylation sites is 1. The maximum Gasteiger partial charge on any atom is 0.164 e. The Morgan fingerprint density at radius 2 is 1.09 bits per heavy atom. The van der Waals surface area contributed by atoms with Gasteiger partial charge in [-0.2, -0.15) is 0 Å². The highest BCUT2D eigenvalue weighted by Gasteiger charge is 2.37. The lowest BCUT2D eigenvalue weighted by Gasteiger charge is -2.42. The first kappa shape index (κ1) is 28.3. The monoisotopic (exact) mass is 602 g/mol. The minimum Gasteiger partial charge on any atom is -0.309 e. The normalized spacial score (nSPS) is 15.2. The molecule has 0 radical (unpaired) electrons. The minimum absolute atomic E-state index is 0.110. The fourth-order valence-corrected chi connectivity index (χ4v) is 7.05. The molecule has 0 amide bonds. The third-order valence-corrected chi connectivity index (χ3v) is 9.78. The summed E-state index contributed by atoms with van der Waals surface area (Å²) in [6.07, 6.45) is 2.35. The van der Waals surface area contributed by atoms with Crippen LogP contribution < -0.4 is 0 Å². The van der Waals surface area contributed by atoms with Crippen molar-refractivity contribution in [3.8, 4) is 39.9 Å². The molecular formula is C41H35FN4. The first-order valence-corrected chi connectivity index (χ1v) is 15.9. The van der Waals surface area contributed by atoms with Gasteiger partial charge < -0.3 is 4.57 Å². The number of fused-ring (bicyclic) bond motifs is 4. The summed E-state index contributed by atoms with van der Waals surface area (Å²) in [5, 5.41) is 2.54. The van der Waals surface area contributed by atoms with Crippen molar-refractivity contribution < 1.29 is 4.39 Å². The maximum absolute atomic E-state index is 14.2. The number of rotatable bonds is 4. The molecular weight excluding hydrogens is 567 g/mol. The Balaban J connectivity index is 1.29. The predicted octanol–water partition coefficient (Wildman–Crippen LogP) is 10.5. The van der Waals surface area contributed by atoms with Gasteiger partial charge in [0.2, 0.25) is 0 Å². The Bertz CT molecular complexity index is 2260. The first-order valence-electron chi connectivity index (χ1n) is 15.9. The van der Waals surface area contributed by atoms with Gasteiger partial charge in [-0.1, -0.05) is 88.4 Å². The smallest absolute Gasteiger partial charge is 0.164 e. The Kier molecular flexibility index (Phi) is 6.43. The molecule has 5 aromatic carbocycles. The van der Waals surface area contributed by atoms with Crippen LogP contribution in [-0.4, -0.2) is 19.5 Å². The van der Waals surface area contributed by atoms with Gasteiger partial charge in [0.15, 0.2) is 17.5 Å². The molecule has 0 bridgehead atoms. The molecule has 0 fully saturated rings. The molecule has 5 heteroatoms. The molecule has 2 aromatic heterocycles. The molecule has 1 aliphatic rings. The van der Waals surface area contributed by atoms with Crippen molar-refractivity contribution in [3.63, 3.8) is 0 Å². The summed E-state index contributed by atoms with van der Waals surface area (Å²) in [6, 6.07) is 38.2. The van der Waals surface area contributed by atoms with Crippen molar-refractivity contribution in [2.75, 3.05) is 0 Å². The number of halogens is 1. The van der Waals surface area contributed by atoms with E-state index in [2.05, 4.69) is 92.9 Å². The van der Waals surface area contributed by atoms with Crippen LogP contribution in [0.15, 0.2) is 115 Å². The van der Waals surface area contributed by atoms with E-state index in [4.69, 9.17) is 15.0 Å². The predicted molar refractivity (Wildman–Crippen MR) is 186 cm³/mol. The van der Waals surface area contributed by atoms with Gasteiger partial charge in [0.1, 0.15) is 5.82 Å². The molecule has 0 aliphatic heterocycles. The Morgan fingerprint density at radius 1 is 0.522 bits per heavy atom. The van der Waals surface area contributed by atoms with Gasteiger partial charge in [-0.05, 0) is 89.4 Å². The second kappa shape index (κ2) is 10.4. The topological polar surface area (TPSA) is 43.6 Å². The standard InChI is InChI=1S/C41H35FN4/c1-40(2)21-22-41(3,4)34-25-36-32(24-33(34)40)31-15-8-9-16-35(31)46(36)30-19-17-27(18-20-30)38-43-37(26-11-6-5-7-12-26)44-39(45-38)28-13-10-14-29(42)23-28/h5-20,23-25H,21-22H2,1-4H3. The van der Waals surface area contributed by atoms with Crippen LogP contribution in [0.2, 0.25) is 0 Å². The van der Waals surface area contributed by atoms with Crippen molar-refractivity contribution in [2.45, 2.75) is 51.4 Å². The number of hydrogen-bond donors (Lipinski definition) is 0. The van der Waals surface area contributed by atoms with E-state index in [0.717, 1.165) is 16.8 Å². The van der Waals surface area contributed by atoms with Gasteiger partial charge in [-0.3, -0.25) is 0 Å². The molecule has 226 valence electrons. The van der Waals surface area contributed by atoms with Crippen LogP contribution in [-0.2, 0) is 10.8 Å². The van der Waals surface area contributed by atoms with Crippen molar-refractivity contribution >= 4 is 21.8 Å². The average Bonchev–Trinajstić information content (AvgIpc) is 3.40. The molecule has 0 spiro atoms. The van der Waals surface area contributed by atoms with E-state index >= 15 is 0 Å². The van der Waals surface area contributed by atoms with Gasteiger partial charge >= 0.3 is 0 Å². The van der Waals surface area contributed by atoms with Gasteiger partial charge in [0, 0.05) is 33.2 Å². The SMILES string of the molecule is CC1(C)CCC(C)(C)c2cc3c(cc21)c1ccccc1n3-c1ccc(-c2nc(-c3ccccc3)nc(-c3cccc(F)c3)n2)cc1. The third kappa shape index (κ3) is 4.69. The lowest BCUT2D eigenvalue weighted by molar-refractivity contribution is 0.332. The maximum atomic E-state index is 14.2. The van der Waals surface area contributed by atoms with Crippen LogP contribution in [0, 0.1) is 5.82 Å². The number of hydrogen-bond acceptors (Lipinski definition) is 3. The quantitative estimate of drug-likeness (QED) is 0.201.